The van der Waals surface area contributed by atoms with Gasteiger partial charge in [-0.3, -0.25) is 4.90 Å². The van der Waals surface area contributed by atoms with E-state index in [9.17, 15) is 0 Å². The molecule has 1 atom stereocenters. The van der Waals surface area contributed by atoms with Gasteiger partial charge in [-0.2, -0.15) is 0 Å². The van der Waals surface area contributed by atoms with E-state index < -0.39 is 0 Å². The molecule has 0 saturated carbocycles. The fourth-order valence-corrected chi connectivity index (χ4v) is 2.47. The van der Waals surface area contributed by atoms with Crippen LogP contribution in [0.2, 0.25) is 0 Å². The molecule has 1 aromatic rings. The van der Waals surface area contributed by atoms with Gasteiger partial charge in [-0.1, -0.05) is 36.8 Å². The summed E-state index contributed by atoms with van der Waals surface area (Å²) in [5, 5.41) is 3.60. The monoisotopic (exact) mass is 231 g/mol. The minimum atomic E-state index is 0.661. The summed E-state index contributed by atoms with van der Waals surface area (Å²) in [5.74, 6) is 0. The SMILES string of the molecule is [CH2]CN(Cc1ccccc1)CC1CCCCN1. The van der Waals surface area contributed by atoms with Gasteiger partial charge in [0.25, 0.3) is 0 Å². The van der Waals surface area contributed by atoms with Crippen LogP contribution >= 0.6 is 0 Å². The minimum Gasteiger partial charge on any atom is -0.313 e. The van der Waals surface area contributed by atoms with Crippen molar-refractivity contribution in [3.8, 4) is 0 Å². The molecular formula is C15H23N2. The summed E-state index contributed by atoms with van der Waals surface area (Å²) in [6.07, 6.45) is 4.01. The maximum absolute atomic E-state index is 4.05. The number of hydrogen-bond donors (Lipinski definition) is 1. The van der Waals surface area contributed by atoms with E-state index in [1.165, 1.54) is 31.4 Å². The highest BCUT2D eigenvalue weighted by Crippen LogP contribution is 2.10. The fourth-order valence-electron chi connectivity index (χ4n) is 2.47. The third kappa shape index (κ3) is 4.14. The molecule has 93 valence electrons. The van der Waals surface area contributed by atoms with E-state index >= 15 is 0 Å². The molecule has 1 saturated heterocycles. The summed E-state index contributed by atoms with van der Waals surface area (Å²) in [4.78, 5) is 2.43. The Kier molecular flexibility index (Phi) is 5.02. The summed E-state index contributed by atoms with van der Waals surface area (Å²) in [5.41, 5.74) is 1.38. The van der Waals surface area contributed by atoms with Crippen molar-refractivity contribution in [3.63, 3.8) is 0 Å². The van der Waals surface area contributed by atoms with Crippen LogP contribution in [0.15, 0.2) is 30.3 Å². The van der Waals surface area contributed by atoms with E-state index in [4.69, 9.17) is 0 Å². The van der Waals surface area contributed by atoms with Gasteiger partial charge in [-0.05, 0) is 38.4 Å². The maximum Gasteiger partial charge on any atom is 0.0234 e. The van der Waals surface area contributed by atoms with Crippen LogP contribution in [0.4, 0.5) is 0 Å². The number of nitrogens with one attached hydrogen (secondary N) is 1. The van der Waals surface area contributed by atoms with Crippen LogP contribution in [0, 0.1) is 6.92 Å². The molecule has 2 rings (SSSR count). The molecule has 17 heavy (non-hydrogen) atoms. The number of rotatable bonds is 5. The molecule has 1 N–H and O–H groups in total. The van der Waals surface area contributed by atoms with Crippen LogP contribution in [0.3, 0.4) is 0 Å². The second kappa shape index (κ2) is 6.77. The van der Waals surface area contributed by atoms with Crippen molar-refractivity contribution in [2.45, 2.75) is 31.8 Å². The van der Waals surface area contributed by atoms with Crippen molar-refractivity contribution in [1.29, 1.82) is 0 Å². The molecule has 2 heteroatoms. The maximum atomic E-state index is 4.05. The Labute approximate surface area is 105 Å². The van der Waals surface area contributed by atoms with E-state index in [1.807, 2.05) is 0 Å². The van der Waals surface area contributed by atoms with Crippen LogP contribution in [0.25, 0.3) is 0 Å². The first-order valence-electron chi connectivity index (χ1n) is 6.67. The van der Waals surface area contributed by atoms with E-state index in [0.29, 0.717) is 6.04 Å². The van der Waals surface area contributed by atoms with Crippen molar-refractivity contribution < 1.29 is 0 Å². The highest BCUT2D eigenvalue weighted by atomic mass is 15.1. The van der Waals surface area contributed by atoms with Gasteiger partial charge in [0.1, 0.15) is 0 Å². The Bertz CT molecular complexity index is 304. The molecule has 1 fully saturated rings. The van der Waals surface area contributed by atoms with Crippen molar-refractivity contribution in [3.05, 3.63) is 42.8 Å². The molecule has 0 aliphatic carbocycles. The predicted octanol–water partition coefficient (Wildman–Crippen LogP) is 2.46. The Morgan fingerprint density at radius 1 is 1.24 bits per heavy atom. The smallest absolute Gasteiger partial charge is 0.0234 e. The highest BCUT2D eigenvalue weighted by Gasteiger charge is 2.15. The first-order valence-corrected chi connectivity index (χ1v) is 6.67. The Morgan fingerprint density at radius 3 is 2.71 bits per heavy atom. The van der Waals surface area contributed by atoms with E-state index in [-0.39, 0.29) is 0 Å². The van der Waals surface area contributed by atoms with Gasteiger partial charge in [0.15, 0.2) is 0 Å². The van der Waals surface area contributed by atoms with Crippen LogP contribution in [0.5, 0.6) is 0 Å². The van der Waals surface area contributed by atoms with Crippen molar-refractivity contribution in [2.75, 3.05) is 19.6 Å². The van der Waals surface area contributed by atoms with E-state index in [1.54, 1.807) is 0 Å². The predicted molar refractivity (Wildman–Crippen MR) is 72.7 cm³/mol. The molecule has 0 aromatic heterocycles. The summed E-state index contributed by atoms with van der Waals surface area (Å²) in [6, 6.07) is 11.3. The summed E-state index contributed by atoms with van der Waals surface area (Å²) >= 11 is 0. The summed E-state index contributed by atoms with van der Waals surface area (Å²) in [6.45, 7) is 8.25. The molecule has 1 aliphatic rings. The lowest BCUT2D eigenvalue weighted by Gasteiger charge is -2.29. The summed E-state index contributed by atoms with van der Waals surface area (Å²) in [7, 11) is 0. The third-order valence-electron chi connectivity index (χ3n) is 3.46. The number of benzene rings is 1. The molecule has 0 spiro atoms. The first-order chi connectivity index (χ1) is 8.38. The van der Waals surface area contributed by atoms with Gasteiger partial charge >= 0.3 is 0 Å². The lowest BCUT2D eigenvalue weighted by molar-refractivity contribution is 0.235. The lowest BCUT2D eigenvalue weighted by atomic mass is 10.0. The topological polar surface area (TPSA) is 15.3 Å². The average Bonchev–Trinajstić information content (AvgIpc) is 2.40. The largest absolute Gasteiger partial charge is 0.313 e. The van der Waals surface area contributed by atoms with Gasteiger partial charge in [0, 0.05) is 19.1 Å². The first kappa shape index (κ1) is 12.6. The minimum absolute atomic E-state index is 0.661. The molecule has 1 unspecified atom stereocenters. The normalized spacial score (nSPS) is 20.7. The number of piperidine rings is 1. The molecule has 1 radical (unpaired) electrons. The molecule has 1 aliphatic heterocycles. The standard InChI is InChI=1S/C15H23N2/c1-2-17(12-14-8-4-3-5-9-14)13-15-10-6-7-11-16-15/h3-5,8-9,15-16H,1-2,6-7,10-13H2. The highest BCUT2D eigenvalue weighted by molar-refractivity contribution is 5.14. The van der Waals surface area contributed by atoms with Crippen LogP contribution in [-0.4, -0.2) is 30.6 Å². The Morgan fingerprint density at radius 2 is 2.06 bits per heavy atom. The van der Waals surface area contributed by atoms with E-state index in [2.05, 4.69) is 47.5 Å². The Balaban J connectivity index is 1.83. The lowest BCUT2D eigenvalue weighted by Crippen LogP contribution is -2.43. The van der Waals surface area contributed by atoms with Crippen molar-refractivity contribution in [1.82, 2.24) is 10.2 Å². The second-order valence-electron chi connectivity index (χ2n) is 4.87. The number of nitrogens with zero attached hydrogens (tertiary/aromatic N) is 1. The van der Waals surface area contributed by atoms with Crippen LogP contribution < -0.4 is 5.32 Å². The molecule has 2 nitrogen and oxygen atoms in total. The third-order valence-corrected chi connectivity index (χ3v) is 3.46. The zero-order valence-corrected chi connectivity index (χ0v) is 10.6. The zero-order chi connectivity index (χ0) is 11.9. The molecule has 0 bridgehead atoms. The molecule has 1 aromatic carbocycles. The summed E-state index contributed by atoms with van der Waals surface area (Å²) < 4.78 is 0. The van der Waals surface area contributed by atoms with Crippen LogP contribution in [0.1, 0.15) is 24.8 Å². The average molecular weight is 231 g/mol. The van der Waals surface area contributed by atoms with Gasteiger partial charge in [-0.25, -0.2) is 0 Å². The van der Waals surface area contributed by atoms with Gasteiger partial charge < -0.3 is 5.32 Å². The van der Waals surface area contributed by atoms with E-state index in [0.717, 1.165) is 19.6 Å². The molecule has 1 heterocycles. The van der Waals surface area contributed by atoms with Crippen molar-refractivity contribution >= 4 is 0 Å². The zero-order valence-electron chi connectivity index (χ0n) is 10.6. The second-order valence-corrected chi connectivity index (χ2v) is 4.87. The van der Waals surface area contributed by atoms with Gasteiger partial charge in [0.2, 0.25) is 0 Å². The van der Waals surface area contributed by atoms with Gasteiger partial charge in [-0.15, -0.1) is 0 Å². The quantitative estimate of drug-likeness (QED) is 0.837. The van der Waals surface area contributed by atoms with Gasteiger partial charge in [0.05, 0.1) is 0 Å². The van der Waals surface area contributed by atoms with Crippen molar-refractivity contribution in [2.24, 2.45) is 0 Å². The number of hydrogen-bond acceptors (Lipinski definition) is 2. The van der Waals surface area contributed by atoms with Crippen LogP contribution in [-0.2, 0) is 6.54 Å². The molecule has 0 amide bonds. The Hall–Kier alpha value is -0.860. The molecular weight excluding hydrogens is 208 g/mol. The fraction of sp³-hybridized carbons (Fsp3) is 0.533.